The average molecular weight is 316 g/mol. The molecule has 0 radical (unpaired) electrons. The van der Waals surface area contributed by atoms with Gasteiger partial charge in [0.05, 0.1) is 0 Å². The van der Waals surface area contributed by atoms with E-state index < -0.39 is 0 Å². The van der Waals surface area contributed by atoms with Crippen LogP contribution in [0.5, 0.6) is 0 Å². The molecule has 0 bridgehead atoms. The second-order valence-corrected chi connectivity index (χ2v) is 6.13. The van der Waals surface area contributed by atoms with E-state index in [0.717, 1.165) is 21.4 Å². The molecule has 0 aliphatic heterocycles. The number of halogens is 1. The minimum Gasteiger partial charge on any atom is -0.350 e. The molecule has 0 unspecified atom stereocenters. The minimum atomic E-state index is 0.0490. The van der Waals surface area contributed by atoms with Gasteiger partial charge in [-0.15, -0.1) is 11.8 Å². The van der Waals surface area contributed by atoms with Gasteiger partial charge in [-0.05, 0) is 30.5 Å². The fraction of sp³-hybridized carbons (Fsp3) is 0.118. The van der Waals surface area contributed by atoms with Crippen LogP contribution in [0.1, 0.15) is 15.9 Å². The summed E-state index contributed by atoms with van der Waals surface area (Å²) in [4.78, 5) is 13.9. The predicted molar refractivity (Wildman–Crippen MR) is 89.6 cm³/mol. The Kier molecular flexibility index (Phi) is 3.79. The SMILES string of the molecule is CSc1ccccc1C(=O)c1cn(C)c2cc(Cl)ccc12. The monoisotopic (exact) mass is 315 g/mol. The number of fused-ring (bicyclic) bond motifs is 1. The molecule has 1 heterocycles. The van der Waals surface area contributed by atoms with Crippen molar-refractivity contribution in [2.45, 2.75) is 4.90 Å². The zero-order valence-electron chi connectivity index (χ0n) is 11.8. The van der Waals surface area contributed by atoms with Gasteiger partial charge in [0, 0.05) is 45.2 Å². The molecule has 0 aliphatic rings. The number of thioether (sulfide) groups is 1. The van der Waals surface area contributed by atoms with Crippen molar-refractivity contribution in [1.82, 2.24) is 4.57 Å². The Hall–Kier alpha value is -1.71. The van der Waals surface area contributed by atoms with E-state index in [2.05, 4.69) is 0 Å². The summed E-state index contributed by atoms with van der Waals surface area (Å²) in [7, 11) is 1.93. The molecule has 0 N–H and O–H groups in total. The van der Waals surface area contributed by atoms with Gasteiger partial charge in [0.2, 0.25) is 0 Å². The molecular formula is C17H14ClNOS. The second kappa shape index (κ2) is 5.58. The molecule has 0 saturated carbocycles. The molecular weight excluding hydrogens is 302 g/mol. The van der Waals surface area contributed by atoms with Gasteiger partial charge in [0.15, 0.2) is 5.78 Å². The van der Waals surface area contributed by atoms with Crippen molar-refractivity contribution < 1.29 is 4.79 Å². The number of nitrogens with zero attached hydrogens (tertiary/aromatic N) is 1. The van der Waals surface area contributed by atoms with Crippen LogP contribution in [-0.2, 0) is 7.05 Å². The van der Waals surface area contributed by atoms with E-state index >= 15 is 0 Å². The highest BCUT2D eigenvalue weighted by Gasteiger charge is 2.18. The van der Waals surface area contributed by atoms with Crippen molar-refractivity contribution in [3.05, 3.63) is 64.8 Å². The quantitative estimate of drug-likeness (QED) is 0.512. The van der Waals surface area contributed by atoms with Gasteiger partial charge in [-0.1, -0.05) is 29.8 Å². The van der Waals surface area contributed by atoms with Crippen LogP contribution in [0.25, 0.3) is 10.9 Å². The van der Waals surface area contributed by atoms with E-state index in [4.69, 9.17) is 11.6 Å². The van der Waals surface area contributed by atoms with E-state index in [1.54, 1.807) is 11.8 Å². The first-order valence-electron chi connectivity index (χ1n) is 6.54. The Labute approximate surface area is 132 Å². The van der Waals surface area contributed by atoms with Crippen molar-refractivity contribution in [2.24, 2.45) is 7.05 Å². The predicted octanol–water partition coefficient (Wildman–Crippen LogP) is 4.78. The fourth-order valence-electron chi connectivity index (χ4n) is 2.52. The molecule has 4 heteroatoms. The molecule has 21 heavy (non-hydrogen) atoms. The van der Waals surface area contributed by atoms with Crippen LogP contribution >= 0.6 is 23.4 Å². The Morgan fingerprint density at radius 1 is 1.14 bits per heavy atom. The minimum absolute atomic E-state index is 0.0490. The van der Waals surface area contributed by atoms with E-state index in [1.165, 1.54) is 0 Å². The third-order valence-electron chi connectivity index (χ3n) is 3.55. The zero-order valence-corrected chi connectivity index (χ0v) is 13.3. The number of hydrogen-bond donors (Lipinski definition) is 0. The summed E-state index contributed by atoms with van der Waals surface area (Å²) < 4.78 is 1.94. The smallest absolute Gasteiger partial charge is 0.196 e. The van der Waals surface area contributed by atoms with Crippen molar-refractivity contribution in [1.29, 1.82) is 0 Å². The molecule has 3 rings (SSSR count). The van der Waals surface area contributed by atoms with E-state index in [1.807, 2.05) is 66.5 Å². The van der Waals surface area contributed by atoms with Gasteiger partial charge in [-0.3, -0.25) is 4.79 Å². The Morgan fingerprint density at radius 2 is 1.90 bits per heavy atom. The largest absolute Gasteiger partial charge is 0.350 e. The van der Waals surface area contributed by atoms with Gasteiger partial charge >= 0.3 is 0 Å². The lowest BCUT2D eigenvalue weighted by Crippen LogP contribution is -2.02. The first-order valence-corrected chi connectivity index (χ1v) is 8.14. The van der Waals surface area contributed by atoms with Crippen LogP contribution in [0.15, 0.2) is 53.6 Å². The van der Waals surface area contributed by atoms with Crippen molar-refractivity contribution in [3.63, 3.8) is 0 Å². The van der Waals surface area contributed by atoms with E-state index in [-0.39, 0.29) is 5.78 Å². The fourth-order valence-corrected chi connectivity index (χ4v) is 3.28. The lowest BCUT2D eigenvalue weighted by atomic mass is 10.0. The molecule has 0 saturated heterocycles. The number of benzene rings is 2. The maximum Gasteiger partial charge on any atom is 0.196 e. The summed E-state index contributed by atoms with van der Waals surface area (Å²) in [6.45, 7) is 0. The summed E-state index contributed by atoms with van der Waals surface area (Å²) in [5.74, 6) is 0.0490. The number of aromatic nitrogens is 1. The third-order valence-corrected chi connectivity index (χ3v) is 4.58. The molecule has 0 amide bonds. The lowest BCUT2D eigenvalue weighted by molar-refractivity contribution is 0.103. The normalized spacial score (nSPS) is 11.0. The molecule has 106 valence electrons. The van der Waals surface area contributed by atoms with Crippen LogP contribution in [0.4, 0.5) is 0 Å². The first kappa shape index (κ1) is 14.2. The number of aryl methyl sites for hydroxylation is 1. The van der Waals surface area contributed by atoms with Crippen LogP contribution in [0.3, 0.4) is 0 Å². The van der Waals surface area contributed by atoms with E-state index in [9.17, 15) is 4.79 Å². The van der Waals surface area contributed by atoms with Crippen LogP contribution in [0, 0.1) is 0 Å². The Morgan fingerprint density at radius 3 is 2.67 bits per heavy atom. The maximum absolute atomic E-state index is 12.9. The van der Waals surface area contributed by atoms with Gasteiger partial charge in [-0.25, -0.2) is 0 Å². The molecule has 0 spiro atoms. The number of carbonyl (C=O) groups excluding carboxylic acids is 1. The van der Waals surface area contributed by atoms with Gasteiger partial charge in [0.25, 0.3) is 0 Å². The second-order valence-electron chi connectivity index (χ2n) is 4.84. The summed E-state index contributed by atoms with van der Waals surface area (Å²) in [5, 5.41) is 1.61. The highest BCUT2D eigenvalue weighted by molar-refractivity contribution is 7.98. The Balaban J connectivity index is 2.19. The molecule has 1 aromatic heterocycles. The van der Waals surface area contributed by atoms with Gasteiger partial charge in [-0.2, -0.15) is 0 Å². The molecule has 0 aliphatic carbocycles. The highest BCUT2D eigenvalue weighted by Crippen LogP contribution is 2.28. The van der Waals surface area contributed by atoms with Crippen molar-refractivity contribution in [2.75, 3.05) is 6.26 Å². The number of hydrogen-bond acceptors (Lipinski definition) is 2. The molecule has 0 fully saturated rings. The Bertz CT molecular complexity index is 838. The summed E-state index contributed by atoms with van der Waals surface area (Å²) in [6.07, 6.45) is 3.86. The molecule has 2 nitrogen and oxygen atoms in total. The topological polar surface area (TPSA) is 22.0 Å². The van der Waals surface area contributed by atoms with E-state index in [0.29, 0.717) is 10.6 Å². The summed E-state index contributed by atoms with van der Waals surface area (Å²) in [5.41, 5.74) is 2.42. The molecule has 2 aromatic carbocycles. The number of ketones is 1. The van der Waals surface area contributed by atoms with Gasteiger partial charge in [0.1, 0.15) is 0 Å². The average Bonchev–Trinajstić information content (AvgIpc) is 2.83. The summed E-state index contributed by atoms with van der Waals surface area (Å²) in [6, 6.07) is 13.3. The maximum atomic E-state index is 12.9. The summed E-state index contributed by atoms with van der Waals surface area (Å²) >= 11 is 7.63. The zero-order chi connectivity index (χ0) is 15.0. The van der Waals surface area contributed by atoms with Crippen LogP contribution in [-0.4, -0.2) is 16.6 Å². The highest BCUT2D eigenvalue weighted by atomic mass is 35.5. The van der Waals surface area contributed by atoms with Gasteiger partial charge < -0.3 is 4.57 Å². The standard InChI is InChI=1S/C17H14ClNOS/c1-19-10-14(12-8-7-11(18)9-15(12)19)17(20)13-5-3-4-6-16(13)21-2/h3-10H,1-2H3. The van der Waals surface area contributed by atoms with Crippen LogP contribution < -0.4 is 0 Å². The molecule has 3 aromatic rings. The lowest BCUT2D eigenvalue weighted by Gasteiger charge is -2.05. The molecule has 0 atom stereocenters. The third kappa shape index (κ3) is 2.47. The number of carbonyl (C=O) groups is 1. The first-order chi connectivity index (χ1) is 10.1. The van der Waals surface area contributed by atoms with Crippen molar-refractivity contribution in [3.8, 4) is 0 Å². The number of rotatable bonds is 3. The van der Waals surface area contributed by atoms with Crippen LogP contribution in [0.2, 0.25) is 5.02 Å². The van der Waals surface area contributed by atoms with Crippen molar-refractivity contribution >= 4 is 40.0 Å².